The zero-order valence-corrected chi connectivity index (χ0v) is 14.4. The van der Waals surface area contributed by atoms with Gasteiger partial charge in [0, 0.05) is 5.02 Å². The number of nitrogens with one attached hydrogen (secondary N) is 2. The Morgan fingerprint density at radius 2 is 2.04 bits per heavy atom. The molecular weight excluding hydrogens is 345 g/mol. The Morgan fingerprint density at radius 3 is 2.61 bits per heavy atom. The van der Waals surface area contributed by atoms with Crippen molar-refractivity contribution in [3.05, 3.63) is 28.2 Å². The Labute approximate surface area is 143 Å². The van der Waals surface area contributed by atoms with Crippen LogP contribution >= 0.6 is 23.2 Å². The number of anilines is 1. The molecule has 1 rings (SSSR count). The Hall–Kier alpha value is -1.99. The van der Waals surface area contributed by atoms with Gasteiger partial charge in [0.2, 0.25) is 0 Å². The zero-order valence-electron chi connectivity index (χ0n) is 12.9. The molecule has 0 aromatic heterocycles. The minimum Gasteiger partial charge on any atom is -0.464 e. The maximum atomic E-state index is 12.1. The normalized spacial score (nSPS) is 12.3. The van der Waals surface area contributed by atoms with E-state index in [1.807, 2.05) is 0 Å². The summed E-state index contributed by atoms with van der Waals surface area (Å²) in [7, 11) is 1.20. The number of rotatable bonds is 6. The highest BCUT2D eigenvalue weighted by Crippen LogP contribution is 2.26. The molecule has 0 spiro atoms. The smallest absolute Gasteiger partial charge is 0.427 e. The van der Waals surface area contributed by atoms with Gasteiger partial charge in [-0.15, -0.1) is 0 Å². The number of halogens is 2. The zero-order chi connectivity index (χ0) is 17.4. The van der Waals surface area contributed by atoms with Crippen molar-refractivity contribution < 1.29 is 19.1 Å². The number of carbonyl (C=O) groups excluding carboxylic acids is 2. The van der Waals surface area contributed by atoms with Crippen molar-refractivity contribution in [2.24, 2.45) is 5.10 Å². The van der Waals surface area contributed by atoms with Gasteiger partial charge in [-0.05, 0) is 32.0 Å². The number of hydrogen-bond donors (Lipinski definition) is 2. The number of ether oxygens (including phenoxy) is 2. The van der Waals surface area contributed by atoms with Crippen LogP contribution in [0.15, 0.2) is 23.3 Å². The van der Waals surface area contributed by atoms with E-state index in [2.05, 4.69) is 20.6 Å². The van der Waals surface area contributed by atoms with E-state index in [1.165, 1.54) is 13.2 Å². The molecule has 0 aliphatic carbocycles. The summed E-state index contributed by atoms with van der Waals surface area (Å²) in [6.45, 7) is 3.43. The highest BCUT2D eigenvalue weighted by molar-refractivity contribution is 6.36. The van der Waals surface area contributed by atoms with Gasteiger partial charge in [0.25, 0.3) is 0 Å². The number of hydrogen-bond acceptors (Lipinski definition) is 6. The molecule has 0 radical (unpaired) electrons. The number of nitrogens with zero attached hydrogens (tertiary/aromatic N) is 1. The van der Waals surface area contributed by atoms with Crippen LogP contribution in [0.2, 0.25) is 10.0 Å². The maximum Gasteiger partial charge on any atom is 0.427 e. The van der Waals surface area contributed by atoms with Gasteiger partial charge in [0.05, 0.1) is 30.1 Å². The Kier molecular flexibility index (Phi) is 7.64. The molecule has 1 aromatic carbocycles. The standard InChI is InChI=1S/C14H17Cl2N3O4/c1-4-23-13(20)12(8(2)18-19-14(21)22-3)17-11-6-5-9(15)7-10(11)16/h5-7,12,17H,4H2,1-3H3,(H,19,21). The summed E-state index contributed by atoms with van der Waals surface area (Å²) in [5.41, 5.74) is 2.88. The van der Waals surface area contributed by atoms with E-state index in [0.29, 0.717) is 15.7 Å². The van der Waals surface area contributed by atoms with Crippen molar-refractivity contribution in [3.63, 3.8) is 0 Å². The first-order chi connectivity index (χ1) is 10.9. The molecule has 0 heterocycles. The van der Waals surface area contributed by atoms with E-state index in [4.69, 9.17) is 27.9 Å². The topological polar surface area (TPSA) is 89.0 Å². The monoisotopic (exact) mass is 361 g/mol. The number of esters is 1. The van der Waals surface area contributed by atoms with Crippen LogP contribution in [-0.4, -0.2) is 37.5 Å². The lowest BCUT2D eigenvalue weighted by Crippen LogP contribution is -2.39. The molecule has 0 saturated heterocycles. The van der Waals surface area contributed by atoms with Crippen molar-refractivity contribution in [1.82, 2.24) is 5.43 Å². The maximum absolute atomic E-state index is 12.1. The number of carbonyl (C=O) groups is 2. The minimum absolute atomic E-state index is 0.197. The first-order valence-electron chi connectivity index (χ1n) is 6.65. The molecule has 126 valence electrons. The van der Waals surface area contributed by atoms with Crippen molar-refractivity contribution in [2.75, 3.05) is 19.0 Å². The SMILES string of the molecule is CCOC(=O)C(Nc1ccc(Cl)cc1Cl)C(C)=NNC(=O)OC. The van der Waals surface area contributed by atoms with E-state index >= 15 is 0 Å². The molecule has 2 N–H and O–H groups in total. The van der Waals surface area contributed by atoms with Crippen LogP contribution in [0.4, 0.5) is 10.5 Å². The molecule has 7 nitrogen and oxygen atoms in total. The van der Waals surface area contributed by atoms with Crippen LogP contribution in [0.5, 0.6) is 0 Å². The Balaban J connectivity index is 3.00. The van der Waals surface area contributed by atoms with E-state index < -0.39 is 18.1 Å². The lowest BCUT2D eigenvalue weighted by molar-refractivity contribution is -0.142. The molecule has 9 heteroatoms. The Morgan fingerprint density at radius 1 is 1.35 bits per heavy atom. The van der Waals surface area contributed by atoms with Gasteiger partial charge in [-0.2, -0.15) is 5.10 Å². The quantitative estimate of drug-likeness (QED) is 0.461. The summed E-state index contributed by atoms with van der Waals surface area (Å²) >= 11 is 11.9. The number of benzene rings is 1. The van der Waals surface area contributed by atoms with Gasteiger partial charge in [-0.3, -0.25) is 0 Å². The molecule has 1 unspecified atom stereocenters. The Bertz CT molecular complexity index is 608. The molecular formula is C14H17Cl2N3O4. The molecule has 1 amide bonds. The second kappa shape index (κ2) is 9.22. The summed E-state index contributed by atoms with van der Waals surface area (Å²) in [5, 5.41) is 7.51. The minimum atomic E-state index is -0.939. The lowest BCUT2D eigenvalue weighted by atomic mass is 10.2. The highest BCUT2D eigenvalue weighted by Gasteiger charge is 2.24. The van der Waals surface area contributed by atoms with Gasteiger partial charge in [-0.1, -0.05) is 23.2 Å². The van der Waals surface area contributed by atoms with Crippen LogP contribution < -0.4 is 10.7 Å². The summed E-state index contributed by atoms with van der Waals surface area (Å²) in [6, 6.07) is 3.84. The predicted octanol–water partition coefficient (Wildman–Crippen LogP) is 3.07. The van der Waals surface area contributed by atoms with Crippen molar-refractivity contribution in [1.29, 1.82) is 0 Å². The molecule has 0 fully saturated rings. The first-order valence-corrected chi connectivity index (χ1v) is 7.41. The number of methoxy groups -OCH3 is 1. The van der Waals surface area contributed by atoms with Crippen LogP contribution in [0.25, 0.3) is 0 Å². The second-order valence-electron chi connectivity index (χ2n) is 4.31. The molecule has 0 aliphatic rings. The van der Waals surface area contributed by atoms with Crippen LogP contribution in [0.3, 0.4) is 0 Å². The van der Waals surface area contributed by atoms with Crippen LogP contribution in [-0.2, 0) is 14.3 Å². The van der Waals surface area contributed by atoms with Crippen molar-refractivity contribution >= 4 is 46.7 Å². The summed E-state index contributed by atoms with van der Waals surface area (Å²) in [5.74, 6) is -0.563. The van der Waals surface area contributed by atoms with Crippen molar-refractivity contribution in [3.8, 4) is 0 Å². The second-order valence-corrected chi connectivity index (χ2v) is 5.15. The molecule has 0 saturated carbocycles. The van der Waals surface area contributed by atoms with Gasteiger partial charge in [-0.25, -0.2) is 15.0 Å². The predicted molar refractivity (Wildman–Crippen MR) is 89.2 cm³/mol. The lowest BCUT2D eigenvalue weighted by Gasteiger charge is -2.19. The average Bonchev–Trinajstić information content (AvgIpc) is 2.51. The number of amides is 1. The molecule has 0 bridgehead atoms. The summed E-state index contributed by atoms with van der Waals surface area (Å²) in [4.78, 5) is 23.2. The molecule has 0 aliphatic heterocycles. The molecule has 1 atom stereocenters. The highest BCUT2D eigenvalue weighted by atomic mass is 35.5. The third-order valence-electron chi connectivity index (χ3n) is 2.68. The largest absolute Gasteiger partial charge is 0.464 e. The third-order valence-corrected chi connectivity index (χ3v) is 3.23. The van der Waals surface area contributed by atoms with E-state index in [9.17, 15) is 9.59 Å². The van der Waals surface area contributed by atoms with Crippen LogP contribution in [0, 0.1) is 0 Å². The van der Waals surface area contributed by atoms with E-state index in [1.54, 1.807) is 26.0 Å². The average molecular weight is 362 g/mol. The van der Waals surface area contributed by atoms with Crippen molar-refractivity contribution in [2.45, 2.75) is 19.9 Å². The molecule has 1 aromatic rings. The third kappa shape index (κ3) is 5.96. The fourth-order valence-electron chi connectivity index (χ4n) is 1.57. The van der Waals surface area contributed by atoms with Gasteiger partial charge in [0.15, 0.2) is 6.04 Å². The van der Waals surface area contributed by atoms with Gasteiger partial charge >= 0.3 is 12.1 Å². The van der Waals surface area contributed by atoms with E-state index in [-0.39, 0.29) is 12.3 Å². The molecule has 23 heavy (non-hydrogen) atoms. The number of hydrazone groups is 1. The summed E-state index contributed by atoms with van der Waals surface area (Å²) < 4.78 is 9.41. The first kappa shape index (κ1) is 19.1. The fourth-order valence-corrected chi connectivity index (χ4v) is 2.03. The fraction of sp³-hybridized carbons (Fsp3) is 0.357. The summed E-state index contributed by atoms with van der Waals surface area (Å²) in [6.07, 6.45) is -0.753. The van der Waals surface area contributed by atoms with Gasteiger partial charge < -0.3 is 14.8 Å². The van der Waals surface area contributed by atoms with E-state index in [0.717, 1.165) is 0 Å². The van der Waals surface area contributed by atoms with Crippen LogP contribution in [0.1, 0.15) is 13.8 Å². The van der Waals surface area contributed by atoms with Gasteiger partial charge in [0.1, 0.15) is 0 Å².